The van der Waals surface area contributed by atoms with E-state index in [-0.39, 0.29) is 10.6 Å². The van der Waals surface area contributed by atoms with Gasteiger partial charge in [0.2, 0.25) is 0 Å². The second kappa shape index (κ2) is 4.51. The Morgan fingerprint density at radius 3 is 2.62 bits per heavy atom. The zero-order valence-electron chi connectivity index (χ0n) is 9.31. The molecule has 0 unspecified atom stereocenters. The zero-order chi connectivity index (χ0) is 11.5. The van der Waals surface area contributed by atoms with Gasteiger partial charge in [0.05, 0.1) is 11.0 Å². The maximum absolute atomic E-state index is 10.6. The molecule has 0 atom stereocenters. The largest absolute Gasteiger partial charge is 0.490 e. The van der Waals surface area contributed by atoms with Crippen LogP contribution in [0, 0.1) is 17.0 Å². The zero-order valence-corrected chi connectivity index (χ0v) is 9.31. The Morgan fingerprint density at radius 1 is 1.38 bits per heavy atom. The molecule has 1 aliphatic carbocycles. The van der Waals surface area contributed by atoms with Crippen LogP contribution in [0.5, 0.6) is 5.75 Å². The Labute approximate surface area is 94.4 Å². The molecule has 0 aliphatic heterocycles. The topological polar surface area (TPSA) is 52.4 Å². The molecule has 0 heterocycles. The summed E-state index contributed by atoms with van der Waals surface area (Å²) in [4.78, 5) is 10.2. The molecule has 0 aromatic heterocycles. The smallest absolute Gasteiger partial charge is 0.269 e. The van der Waals surface area contributed by atoms with Gasteiger partial charge in [-0.05, 0) is 44.2 Å². The highest BCUT2D eigenvalue weighted by Crippen LogP contribution is 2.28. The van der Waals surface area contributed by atoms with Crippen molar-refractivity contribution >= 4 is 5.69 Å². The summed E-state index contributed by atoms with van der Waals surface area (Å²) in [6, 6.07) is 4.76. The van der Waals surface area contributed by atoms with E-state index in [0.29, 0.717) is 6.10 Å². The van der Waals surface area contributed by atoms with Gasteiger partial charge in [-0.1, -0.05) is 0 Å². The molecule has 0 bridgehead atoms. The first-order valence-electron chi connectivity index (χ1n) is 5.58. The standard InChI is InChI=1S/C12H15NO3/c1-9-8-10(13(14)15)6-7-12(9)16-11-4-2-3-5-11/h6-8,11H,2-5H2,1H3. The molecule has 86 valence electrons. The molecular weight excluding hydrogens is 206 g/mol. The van der Waals surface area contributed by atoms with Crippen LogP contribution in [0.25, 0.3) is 0 Å². The van der Waals surface area contributed by atoms with Crippen molar-refractivity contribution in [3.63, 3.8) is 0 Å². The molecule has 4 nitrogen and oxygen atoms in total. The second-order valence-electron chi connectivity index (χ2n) is 4.23. The molecule has 2 rings (SSSR count). The maximum atomic E-state index is 10.6. The minimum absolute atomic E-state index is 0.122. The van der Waals surface area contributed by atoms with Crippen LogP contribution in [0.3, 0.4) is 0 Å². The Kier molecular flexibility index (Phi) is 3.08. The fraction of sp³-hybridized carbons (Fsp3) is 0.500. The predicted molar refractivity (Wildman–Crippen MR) is 60.7 cm³/mol. The van der Waals surface area contributed by atoms with Crippen molar-refractivity contribution in [2.45, 2.75) is 38.7 Å². The van der Waals surface area contributed by atoms with Crippen molar-refractivity contribution in [2.75, 3.05) is 0 Å². The SMILES string of the molecule is Cc1cc([N+](=O)[O-])ccc1OC1CCCC1. The Balaban J connectivity index is 2.12. The van der Waals surface area contributed by atoms with Crippen molar-refractivity contribution in [3.05, 3.63) is 33.9 Å². The second-order valence-corrected chi connectivity index (χ2v) is 4.23. The van der Waals surface area contributed by atoms with Gasteiger partial charge in [-0.3, -0.25) is 10.1 Å². The summed E-state index contributed by atoms with van der Waals surface area (Å²) in [5.74, 6) is 0.775. The van der Waals surface area contributed by atoms with E-state index in [2.05, 4.69) is 0 Å². The lowest BCUT2D eigenvalue weighted by Crippen LogP contribution is -2.11. The summed E-state index contributed by atoms with van der Waals surface area (Å²) < 4.78 is 5.82. The number of benzene rings is 1. The maximum Gasteiger partial charge on any atom is 0.269 e. The highest BCUT2D eigenvalue weighted by Gasteiger charge is 2.18. The van der Waals surface area contributed by atoms with Gasteiger partial charge in [0.25, 0.3) is 5.69 Å². The fourth-order valence-corrected chi connectivity index (χ4v) is 2.07. The molecule has 1 aliphatic rings. The first-order valence-corrected chi connectivity index (χ1v) is 5.58. The number of hydrogen-bond acceptors (Lipinski definition) is 3. The van der Waals surface area contributed by atoms with Gasteiger partial charge in [0.15, 0.2) is 0 Å². The lowest BCUT2D eigenvalue weighted by Gasteiger charge is -2.14. The number of nitro benzene ring substituents is 1. The van der Waals surface area contributed by atoms with Crippen LogP contribution in [0.15, 0.2) is 18.2 Å². The van der Waals surface area contributed by atoms with Crippen molar-refractivity contribution < 1.29 is 9.66 Å². The number of nitro groups is 1. The molecule has 16 heavy (non-hydrogen) atoms. The van der Waals surface area contributed by atoms with E-state index < -0.39 is 0 Å². The van der Waals surface area contributed by atoms with Crippen LogP contribution >= 0.6 is 0 Å². The number of non-ortho nitro benzene ring substituents is 1. The van der Waals surface area contributed by atoms with E-state index in [9.17, 15) is 10.1 Å². The van der Waals surface area contributed by atoms with Crippen molar-refractivity contribution in [1.29, 1.82) is 0 Å². The summed E-state index contributed by atoms with van der Waals surface area (Å²) >= 11 is 0. The molecule has 1 aromatic carbocycles. The summed E-state index contributed by atoms with van der Waals surface area (Å²) in [7, 11) is 0. The third-order valence-corrected chi connectivity index (χ3v) is 2.97. The van der Waals surface area contributed by atoms with Crippen molar-refractivity contribution in [3.8, 4) is 5.75 Å². The third kappa shape index (κ3) is 2.32. The van der Waals surface area contributed by atoms with Gasteiger partial charge in [-0.2, -0.15) is 0 Å². The Morgan fingerprint density at radius 2 is 2.06 bits per heavy atom. The molecule has 0 saturated heterocycles. The molecule has 0 amide bonds. The summed E-state index contributed by atoms with van der Waals surface area (Å²) in [5.41, 5.74) is 0.956. The van der Waals surface area contributed by atoms with Crippen LogP contribution in [-0.4, -0.2) is 11.0 Å². The minimum atomic E-state index is -0.383. The highest BCUT2D eigenvalue weighted by atomic mass is 16.6. The Hall–Kier alpha value is -1.58. The molecule has 1 aromatic rings. The third-order valence-electron chi connectivity index (χ3n) is 2.97. The van der Waals surface area contributed by atoms with Crippen molar-refractivity contribution in [2.24, 2.45) is 0 Å². The first-order chi connectivity index (χ1) is 7.66. The molecule has 0 radical (unpaired) electrons. The number of hydrogen-bond donors (Lipinski definition) is 0. The van der Waals surface area contributed by atoms with Crippen LogP contribution in [-0.2, 0) is 0 Å². The van der Waals surface area contributed by atoms with Gasteiger partial charge in [0.1, 0.15) is 5.75 Å². The molecule has 0 spiro atoms. The van der Waals surface area contributed by atoms with Gasteiger partial charge in [-0.15, -0.1) is 0 Å². The van der Waals surface area contributed by atoms with Gasteiger partial charge in [0, 0.05) is 12.1 Å². The van der Waals surface area contributed by atoms with Crippen LogP contribution < -0.4 is 4.74 Å². The number of ether oxygens (including phenoxy) is 1. The fourth-order valence-electron chi connectivity index (χ4n) is 2.07. The molecule has 4 heteroatoms. The summed E-state index contributed by atoms with van der Waals surface area (Å²) in [5, 5.41) is 10.6. The minimum Gasteiger partial charge on any atom is -0.490 e. The van der Waals surface area contributed by atoms with E-state index in [1.807, 2.05) is 6.92 Å². The molecular formula is C12H15NO3. The van der Waals surface area contributed by atoms with E-state index in [0.717, 1.165) is 24.2 Å². The number of aryl methyl sites for hydroxylation is 1. The number of nitrogens with zero attached hydrogens (tertiary/aromatic N) is 1. The predicted octanol–water partition coefficient (Wildman–Crippen LogP) is 3.22. The van der Waals surface area contributed by atoms with Crippen LogP contribution in [0.4, 0.5) is 5.69 Å². The monoisotopic (exact) mass is 221 g/mol. The van der Waals surface area contributed by atoms with E-state index in [1.165, 1.54) is 18.9 Å². The van der Waals surface area contributed by atoms with Crippen molar-refractivity contribution in [1.82, 2.24) is 0 Å². The van der Waals surface area contributed by atoms with Crippen LogP contribution in [0.2, 0.25) is 0 Å². The number of rotatable bonds is 3. The normalized spacial score (nSPS) is 16.3. The molecule has 0 N–H and O–H groups in total. The lowest BCUT2D eigenvalue weighted by molar-refractivity contribution is -0.384. The average Bonchev–Trinajstić information content (AvgIpc) is 2.73. The summed E-state index contributed by atoms with van der Waals surface area (Å²) in [6.07, 6.45) is 4.92. The van der Waals surface area contributed by atoms with Gasteiger partial charge < -0.3 is 4.74 Å². The highest BCUT2D eigenvalue weighted by molar-refractivity contribution is 5.43. The van der Waals surface area contributed by atoms with E-state index in [4.69, 9.17) is 4.74 Å². The summed E-state index contributed by atoms with van der Waals surface area (Å²) in [6.45, 7) is 1.84. The molecule has 1 fully saturated rings. The first kappa shape index (κ1) is 10.9. The van der Waals surface area contributed by atoms with Gasteiger partial charge >= 0.3 is 0 Å². The van der Waals surface area contributed by atoms with Crippen LogP contribution in [0.1, 0.15) is 31.2 Å². The van der Waals surface area contributed by atoms with Gasteiger partial charge in [-0.25, -0.2) is 0 Å². The Bertz CT molecular complexity index is 397. The van der Waals surface area contributed by atoms with E-state index >= 15 is 0 Å². The van der Waals surface area contributed by atoms with E-state index in [1.54, 1.807) is 12.1 Å². The molecule has 1 saturated carbocycles. The average molecular weight is 221 g/mol. The quantitative estimate of drug-likeness (QED) is 0.581. The lowest BCUT2D eigenvalue weighted by atomic mass is 10.2.